The molecule has 18 heavy (non-hydrogen) atoms. The molecule has 0 heterocycles. The van der Waals surface area contributed by atoms with Crippen LogP contribution in [0.4, 0.5) is 0 Å². The maximum atomic E-state index is 12.0. The van der Waals surface area contributed by atoms with Crippen LogP contribution < -0.4 is 10.5 Å². The minimum atomic E-state index is -3.57. The van der Waals surface area contributed by atoms with Crippen molar-refractivity contribution >= 4 is 50.0 Å². The van der Waals surface area contributed by atoms with E-state index in [4.69, 9.17) is 17.3 Å². The molecule has 0 bridgehead atoms. The Hall–Kier alpha value is 0.150. The number of sulfonamides is 1. The van der Waals surface area contributed by atoms with E-state index >= 15 is 0 Å². The predicted octanol–water partition coefficient (Wildman–Crippen LogP) is 2.54. The Morgan fingerprint density at radius 2 is 2.00 bits per heavy atom. The number of rotatable bonds is 6. The molecule has 0 aliphatic carbocycles. The molecule has 0 aliphatic heterocycles. The second kappa shape index (κ2) is 8.35. The summed E-state index contributed by atoms with van der Waals surface area (Å²) in [5, 5.41) is 0.200. The zero-order chi connectivity index (χ0) is 12.9. The van der Waals surface area contributed by atoms with Crippen molar-refractivity contribution < 1.29 is 8.42 Å². The van der Waals surface area contributed by atoms with Crippen molar-refractivity contribution in [2.24, 2.45) is 5.73 Å². The lowest BCUT2D eigenvalue weighted by atomic mass is 10.3. The van der Waals surface area contributed by atoms with Crippen LogP contribution in [0.5, 0.6) is 0 Å². The minimum absolute atomic E-state index is 0. The number of nitrogens with two attached hydrogens (primary N) is 1. The monoisotopic (exact) mass is 376 g/mol. The normalized spacial score (nSPS) is 11.1. The van der Waals surface area contributed by atoms with E-state index in [-0.39, 0.29) is 22.3 Å². The number of hydrogen-bond acceptors (Lipinski definition) is 3. The van der Waals surface area contributed by atoms with Gasteiger partial charge in [-0.15, -0.1) is 12.4 Å². The fourth-order valence-corrected chi connectivity index (χ4v) is 4.09. The summed E-state index contributed by atoms with van der Waals surface area (Å²) >= 11 is 9.07. The number of nitrogens with one attached hydrogen (secondary N) is 1. The quantitative estimate of drug-likeness (QED) is 0.748. The lowest BCUT2D eigenvalue weighted by Crippen LogP contribution is -2.25. The lowest BCUT2D eigenvalue weighted by molar-refractivity contribution is 0.576. The second-order valence-electron chi connectivity index (χ2n) is 3.44. The first kappa shape index (κ1) is 18.1. The van der Waals surface area contributed by atoms with Gasteiger partial charge in [-0.25, -0.2) is 13.1 Å². The van der Waals surface area contributed by atoms with Gasteiger partial charge in [0.15, 0.2) is 0 Å². The van der Waals surface area contributed by atoms with Crippen LogP contribution >= 0.6 is 39.9 Å². The van der Waals surface area contributed by atoms with E-state index in [2.05, 4.69) is 20.7 Å². The average Bonchev–Trinajstić information content (AvgIpc) is 2.24. The maximum absolute atomic E-state index is 12.0. The highest BCUT2D eigenvalue weighted by molar-refractivity contribution is 9.10. The van der Waals surface area contributed by atoms with E-state index in [1.807, 2.05) is 0 Å². The third-order valence-electron chi connectivity index (χ3n) is 2.11. The first-order valence-electron chi connectivity index (χ1n) is 5.13. The first-order valence-corrected chi connectivity index (χ1v) is 7.78. The molecule has 3 N–H and O–H groups in total. The summed E-state index contributed by atoms with van der Waals surface area (Å²) in [7, 11) is -3.57. The summed E-state index contributed by atoms with van der Waals surface area (Å²) in [6.07, 6.45) is 1.49. The second-order valence-corrected chi connectivity index (χ2v) is 6.41. The Bertz CT molecular complexity index is 463. The van der Waals surface area contributed by atoms with E-state index in [9.17, 15) is 8.42 Å². The first-order chi connectivity index (χ1) is 7.99. The molecule has 1 rings (SSSR count). The third-order valence-corrected chi connectivity index (χ3v) is 5.02. The van der Waals surface area contributed by atoms with Crippen molar-refractivity contribution in [1.82, 2.24) is 4.72 Å². The van der Waals surface area contributed by atoms with Crippen molar-refractivity contribution in [3.63, 3.8) is 0 Å². The molecule has 4 nitrogen and oxygen atoms in total. The number of halogens is 3. The maximum Gasteiger partial charge on any atom is 0.243 e. The topological polar surface area (TPSA) is 72.2 Å². The van der Waals surface area contributed by atoms with Gasteiger partial charge in [-0.1, -0.05) is 17.7 Å². The molecule has 0 spiro atoms. The number of hydrogen-bond donors (Lipinski definition) is 2. The highest BCUT2D eigenvalue weighted by Crippen LogP contribution is 2.28. The minimum Gasteiger partial charge on any atom is -0.330 e. The molecule has 0 fully saturated rings. The molecule has 0 atom stereocenters. The van der Waals surface area contributed by atoms with Gasteiger partial charge in [0.25, 0.3) is 0 Å². The molecular weight excluding hydrogens is 363 g/mol. The molecular formula is C10H15BrCl2N2O2S. The van der Waals surface area contributed by atoms with E-state index in [1.165, 1.54) is 0 Å². The van der Waals surface area contributed by atoms with Crippen molar-refractivity contribution in [2.45, 2.75) is 17.7 Å². The summed E-state index contributed by atoms with van der Waals surface area (Å²) < 4.78 is 26.9. The molecule has 0 aliphatic rings. The molecule has 1 aromatic rings. The largest absolute Gasteiger partial charge is 0.330 e. The summed E-state index contributed by atoms with van der Waals surface area (Å²) in [5.74, 6) is 0. The lowest BCUT2D eigenvalue weighted by Gasteiger charge is -2.09. The van der Waals surface area contributed by atoms with Gasteiger partial charge in [0.2, 0.25) is 10.0 Å². The zero-order valence-corrected chi connectivity index (χ0v) is 13.5. The molecule has 1 aromatic carbocycles. The molecule has 0 aromatic heterocycles. The molecule has 0 saturated carbocycles. The Kier molecular flexibility index (Phi) is 8.42. The summed E-state index contributed by atoms with van der Waals surface area (Å²) in [6.45, 7) is 0.911. The van der Waals surface area contributed by atoms with E-state index in [1.54, 1.807) is 18.2 Å². The molecule has 0 radical (unpaired) electrons. The van der Waals surface area contributed by atoms with Gasteiger partial charge in [0, 0.05) is 11.0 Å². The van der Waals surface area contributed by atoms with Gasteiger partial charge in [-0.05, 0) is 47.4 Å². The van der Waals surface area contributed by atoms with Crippen LogP contribution in [0, 0.1) is 0 Å². The number of unbranched alkanes of at least 4 members (excludes halogenated alkanes) is 1. The Morgan fingerprint density at radius 3 is 2.56 bits per heavy atom. The van der Waals surface area contributed by atoms with E-state index in [0.717, 1.165) is 6.42 Å². The molecule has 104 valence electrons. The molecule has 8 heteroatoms. The molecule has 0 unspecified atom stereocenters. The van der Waals surface area contributed by atoms with Crippen molar-refractivity contribution in [3.8, 4) is 0 Å². The van der Waals surface area contributed by atoms with Gasteiger partial charge >= 0.3 is 0 Å². The molecule has 0 saturated heterocycles. The van der Waals surface area contributed by atoms with Crippen LogP contribution in [0.2, 0.25) is 5.02 Å². The van der Waals surface area contributed by atoms with Gasteiger partial charge in [0.1, 0.15) is 4.90 Å². The van der Waals surface area contributed by atoms with Crippen LogP contribution in [-0.2, 0) is 10.0 Å². The predicted molar refractivity (Wildman–Crippen MR) is 79.9 cm³/mol. The fraction of sp³-hybridized carbons (Fsp3) is 0.400. The van der Waals surface area contributed by atoms with Gasteiger partial charge in [0.05, 0.1) is 5.02 Å². The summed E-state index contributed by atoms with van der Waals surface area (Å²) in [5.41, 5.74) is 5.33. The Labute approximate surface area is 127 Å². The van der Waals surface area contributed by atoms with Gasteiger partial charge < -0.3 is 5.73 Å². The highest BCUT2D eigenvalue weighted by atomic mass is 79.9. The smallest absolute Gasteiger partial charge is 0.243 e. The molecule has 0 amide bonds. The summed E-state index contributed by atoms with van der Waals surface area (Å²) in [6, 6.07) is 4.86. The fourth-order valence-electron chi connectivity index (χ4n) is 1.29. The van der Waals surface area contributed by atoms with Crippen molar-refractivity contribution in [3.05, 3.63) is 27.7 Å². The van der Waals surface area contributed by atoms with Crippen molar-refractivity contribution in [1.29, 1.82) is 0 Å². The van der Waals surface area contributed by atoms with Crippen LogP contribution in [-0.4, -0.2) is 21.5 Å². The van der Waals surface area contributed by atoms with E-state index in [0.29, 0.717) is 24.0 Å². The zero-order valence-electron chi connectivity index (χ0n) is 9.53. The standard InChI is InChI=1S/C10H14BrClN2O2S.ClH/c11-8-4-3-5-9(12)10(8)17(15,16)14-7-2-1-6-13;/h3-5,14H,1-2,6-7,13H2;1H. The van der Waals surface area contributed by atoms with Gasteiger partial charge in [-0.2, -0.15) is 0 Å². The van der Waals surface area contributed by atoms with Gasteiger partial charge in [-0.3, -0.25) is 0 Å². The van der Waals surface area contributed by atoms with E-state index < -0.39 is 10.0 Å². The third kappa shape index (κ3) is 5.03. The number of benzene rings is 1. The van der Waals surface area contributed by atoms with Crippen LogP contribution in [0.3, 0.4) is 0 Å². The van der Waals surface area contributed by atoms with Crippen molar-refractivity contribution in [2.75, 3.05) is 13.1 Å². The van der Waals surface area contributed by atoms with Crippen LogP contribution in [0.15, 0.2) is 27.6 Å². The average molecular weight is 378 g/mol. The Balaban J connectivity index is 0.00000289. The van der Waals surface area contributed by atoms with Crippen LogP contribution in [0.1, 0.15) is 12.8 Å². The highest BCUT2D eigenvalue weighted by Gasteiger charge is 2.20. The Morgan fingerprint density at radius 1 is 1.33 bits per heavy atom. The summed E-state index contributed by atoms with van der Waals surface area (Å²) in [4.78, 5) is 0.0782. The van der Waals surface area contributed by atoms with Crippen LogP contribution in [0.25, 0.3) is 0 Å². The SMILES string of the molecule is Cl.NCCCCNS(=O)(=O)c1c(Cl)cccc1Br.